The lowest BCUT2D eigenvalue weighted by atomic mass is 9.75. The summed E-state index contributed by atoms with van der Waals surface area (Å²) in [5, 5.41) is 0. The van der Waals surface area contributed by atoms with Crippen LogP contribution in [0.5, 0.6) is 0 Å². The Kier molecular flexibility index (Phi) is 3.11. The molecule has 1 aliphatic rings. The number of piperidine rings is 1. The Bertz CT molecular complexity index is 600. The number of hydrogen-bond acceptors (Lipinski definition) is 3. The number of H-pyrrole nitrogens is 1. The quantitative estimate of drug-likeness (QED) is 0.782. The van der Waals surface area contributed by atoms with Crippen LogP contribution in [0.4, 0.5) is 11.6 Å². The van der Waals surface area contributed by atoms with Crippen molar-refractivity contribution in [1.82, 2.24) is 9.97 Å². The van der Waals surface area contributed by atoms with Gasteiger partial charge in [-0.05, 0) is 42.4 Å². The van der Waals surface area contributed by atoms with Crippen LogP contribution in [0.1, 0.15) is 33.6 Å². The monoisotopic (exact) mass is 272 g/mol. The number of fused-ring (bicyclic) bond motifs is 1. The van der Waals surface area contributed by atoms with Gasteiger partial charge in [0.2, 0.25) is 5.95 Å². The molecule has 1 saturated heterocycles. The fourth-order valence-electron chi connectivity index (χ4n) is 3.12. The molecule has 2 aromatic rings. The number of rotatable bonds is 1. The summed E-state index contributed by atoms with van der Waals surface area (Å²) in [5.74, 6) is 1.79. The van der Waals surface area contributed by atoms with E-state index in [-0.39, 0.29) is 0 Å². The normalized spacial score (nSPS) is 17.9. The third-order valence-corrected chi connectivity index (χ3v) is 4.51. The summed E-state index contributed by atoms with van der Waals surface area (Å²) in [6.45, 7) is 9.19. The highest BCUT2D eigenvalue weighted by Crippen LogP contribution is 2.35. The van der Waals surface area contributed by atoms with Crippen LogP contribution in [0, 0.1) is 11.3 Å². The maximum atomic E-state index is 5.82. The summed E-state index contributed by atoms with van der Waals surface area (Å²) >= 11 is 0. The van der Waals surface area contributed by atoms with Gasteiger partial charge in [0.05, 0.1) is 11.0 Å². The van der Waals surface area contributed by atoms with Crippen LogP contribution in [0.2, 0.25) is 0 Å². The van der Waals surface area contributed by atoms with Gasteiger partial charge in [-0.1, -0.05) is 20.8 Å². The van der Waals surface area contributed by atoms with E-state index in [0.717, 1.165) is 41.7 Å². The Morgan fingerprint density at radius 1 is 1.25 bits per heavy atom. The fourth-order valence-corrected chi connectivity index (χ4v) is 3.12. The summed E-state index contributed by atoms with van der Waals surface area (Å²) in [5.41, 5.74) is 9.02. The van der Waals surface area contributed by atoms with E-state index in [1.807, 2.05) is 18.2 Å². The van der Waals surface area contributed by atoms with E-state index in [4.69, 9.17) is 5.73 Å². The van der Waals surface area contributed by atoms with Gasteiger partial charge in [-0.25, -0.2) is 4.98 Å². The first-order valence-corrected chi connectivity index (χ1v) is 7.44. The lowest BCUT2D eigenvalue weighted by Crippen LogP contribution is -2.38. The number of aromatic nitrogens is 2. The van der Waals surface area contributed by atoms with Crippen LogP contribution in [-0.2, 0) is 0 Å². The molecule has 0 atom stereocenters. The number of imidazole rings is 1. The van der Waals surface area contributed by atoms with Crippen molar-refractivity contribution in [2.24, 2.45) is 11.3 Å². The molecular weight excluding hydrogens is 248 g/mol. The van der Waals surface area contributed by atoms with Crippen molar-refractivity contribution in [3.8, 4) is 0 Å². The van der Waals surface area contributed by atoms with Gasteiger partial charge >= 0.3 is 0 Å². The van der Waals surface area contributed by atoms with Gasteiger partial charge < -0.3 is 15.6 Å². The van der Waals surface area contributed by atoms with Gasteiger partial charge in [-0.2, -0.15) is 0 Å². The number of nitrogen functional groups attached to an aromatic ring is 1. The molecule has 1 aromatic carbocycles. The molecular formula is C16H24N4. The van der Waals surface area contributed by atoms with Crippen LogP contribution in [0.15, 0.2) is 18.2 Å². The summed E-state index contributed by atoms with van der Waals surface area (Å²) < 4.78 is 0. The molecule has 20 heavy (non-hydrogen) atoms. The zero-order valence-electron chi connectivity index (χ0n) is 12.6. The molecule has 0 amide bonds. The first-order valence-electron chi connectivity index (χ1n) is 7.44. The minimum absolute atomic E-state index is 0.411. The van der Waals surface area contributed by atoms with Gasteiger partial charge in [0.1, 0.15) is 0 Å². The lowest BCUT2D eigenvalue weighted by molar-refractivity contribution is 0.198. The number of hydrogen-bond donors (Lipinski definition) is 2. The maximum absolute atomic E-state index is 5.82. The van der Waals surface area contributed by atoms with Crippen LogP contribution in [0.3, 0.4) is 0 Å². The van der Waals surface area contributed by atoms with Crippen LogP contribution in [0.25, 0.3) is 11.0 Å². The van der Waals surface area contributed by atoms with Crippen molar-refractivity contribution in [1.29, 1.82) is 0 Å². The second kappa shape index (κ2) is 4.69. The van der Waals surface area contributed by atoms with Crippen molar-refractivity contribution in [3.05, 3.63) is 18.2 Å². The average Bonchev–Trinajstić information content (AvgIpc) is 2.80. The summed E-state index contributed by atoms with van der Waals surface area (Å²) in [7, 11) is 0. The van der Waals surface area contributed by atoms with Gasteiger partial charge in [0.25, 0.3) is 0 Å². The van der Waals surface area contributed by atoms with E-state index in [1.54, 1.807) is 0 Å². The second-order valence-electron chi connectivity index (χ2n) is 6.96. The first-order chi connectivity index (χ1) is 9.43. The van der Waals surface area contributed by atoms with Crippen molar-refractivity contribution >= 4 is 22.7 Å². The second-order valence-corrected chi connectivity index (χ2v) is 6.96. The Morgan fingerprint density at radius 3 is 2.60 bits per heavy atom. The summed E-state index contributed by atoms with van der Waals surface area (Å²) in [6.07, 6.45) is 2.48. The van der Waals surface area contributed by atoms with Crippen molar-refractivity contribution in [3.63, 3.8) is 0 Å². The fraction of sp³-hybridized carbons (Fsp3) is 0.562. The topological polar surface area (TPSA) is 57.9 Å². The molecule has 1 fully saturated rings. The number of benzene rings is 1. The van der Waals surface area contributed by atoms with Crippen LogP contribution < -0.4 is 10.6 Å². The minimum Gasteiger partial charge on any atom is -0.399 e. The molecule has 0 bridgehead atoms. The van der Waals surface area contributed by atoms with Crippen molar-refractivity contribution in [2.75, 3.05) is 23.7 Å². The van der Waals surface area contributed by atoms with Crippen molar-refractivity contribution < 1.29 is 0 Å². The van der Waals surface area contributed by atoms with E-state index < -0.39 is 0 Å². The zero-order chi connectivity index (χ0) is 14.3. The largest absolute Gasteiger partial charge is 0.399 e. The number of aromatic amines is 1. The predicted octanol–water partition coefficient (Wildman–Crippen LogP) is 3.41. The smallest absolute Gasteiger partial charge is 0.203 e. The molecule has 3 N–H and O–H groups in total. The molecule has 0 spiro atoms. The van der Waals surface area contributed by atoms with Gasteiger partial charge in [0, 0.05) is 18.8 Å². The van der Waals surface area contributed by atoms with E-state index in [9.17, 15) is 0 Å². The van der Waals surface area contributed by atoms with E-state index >= 15 is 0 Å². The Morgan fingerprint density at radius 2 is 1.95 bits per heavy atom. The van der Waals surface area contributed by atoms with Crippen molar-refractivity contribution in [2.45, 2.75) is 33.6 Å². The first kappa shape index (κ1) is 13.3. The third kappa shape index (κ3) is 2.47. The Labute approximate surface area is 120 Å². The maximum Gasteiger partial charge on any atom is 0.203 e. The molecule has 2 heterocycles. The highest BCUT2D eigenvalue weighted by Gasteiger charge is 2.29. The molecule has 3 rings (SSSR count). The number of nitrogens with zero attached hydrogens (tertiary/aromatic N) is 2. The van der Waals surface area contributed by atoms with E-state index in [2.05, 4.69) is 35.6 Å². The summed E-state index contributed by atoms with van der Waals surface area (Å²) in [6, 6.07) is 5.83. The molecule has 4 heteroatoms. The molecule has 108 valence electrons. The van der Waals surface area contributed by atoms with Crippen LogP contribution in [-0.4, -0.2) is 23.1 Å². The molecule has 0 saturated carbocycles. The number of anilines is 2. The minimum atomic E-state index is 0.411. The summed E-state index contributed by atoms with van der Waals surface area (Å²) in [4.78, 5) is 10.4. The lowest BCUT2D eigenvalue weighted by Gasteiger charge is -2.38. The number of nitrogens with one attached hydrogen (secondary N) is 1. The number of nitrogens with two attached hydrogens (primary N) is 1. The highest BCUT2D eigenvalue weighted by atomic mass is 15.3. The van der Waals surface area contributed by atoms with Gasteiger partial charge in [-0.3, -0.25) is 0 Å². The van der Waals surface area contributed by atoms with Gasteiger partial charge in [0.15, 0.2) is 0 Å². The zero-order valence-corrected chi connectivity index (χ0v) is 12.6. The molecule has 0 aliphatic carbocycles. The van der Waals surface area contributed by atoms with E-state index in [1.165, 1.54) is 12.8 Å². The molecule has 1 aliphatic heterocycles. The SMILES string of the molecule is CC(C)(C)C1CCN(c2nc3ccc(N)cc3[nH]2)CC1. The predicted molar refractivity (Wildman–Crippen MR) is 84.9 cm³/mol. The standard InChI is InChI=1S/C16H24N4/c1-16(2,3)11-6-8-20(9-7-11)15-18-13-5-4-12(17)10-14(13)19-15/h4-5,10-11H,6-9,17H2,1-3H3,(H,18,19). The molecule has 0 radical (unpaired) electrons. The van der Waals surface area contributed by atoms with E-state index in [0.29, 0.717) is 5.41 Å². The molecule has 0 unspecified atom stereocenters. The Hall–Kier alpha value is -1.71. The highest BCUT2D eigenvalue weighted by molar-refractivity contribution is 5.80. The average molecular weight is 272 g/mol. The van der Waals surface area contributed by atoms with Gasteiger partial charge in [-0.15, -0.1) is 0 Å². The van der Waals surface area contributed by atoms with Crippen LogP contribution >= 0.6 is 0 Å². The molecule has 1 aromatic heterocycles. The Balaban J connectivity index is 1.76. The third-order valence-electron chi connectivity index (χ3n) is 4.51. The molecule has 4 nitrogen and oxygen atoms in total.